The maximum absolute atomic E-state index is 11.6. The van der Waals surface area contributed by atoms with E-state index in [4.69, 9.17) is 0 Å². The molecule has 1 aromatic rings. The van der Waals surface area contributed by atoms with Gasteiger partial charge >= 0.3 is 29.6 Å². The van der Waals surface area contributed by atoms with Crippen molar-refractivity contribution < 1.29 is 39.1 Å². The van der Waals surface area contributed by atoms with Crippen LogP contribution in [-0.2, 0) is 12.6 Å². The Hall–Kier alpha value is -0.330. The number of fused-ring (bicyclic) bond motifs is 1. The van der Waals surface area contributed by atoms with Crippen molar-refractivity contribution in [3.8, 4) is 0 Å². The average Bonchev–Trinajstić information content (AvgIpc) is 2.41. The van der Waals surface area contributed by atoms with Crippen molar-refractivity contribution >= 4 is 41.0 Å². The summed E-state index contributed by atoms with van der Waals surface area (Å²) in [5.74, 6) is -0.851. The van der Waals surface area contributed by atoms with Crippen LogP contribution >= 0.6 is 12.2 Å². The third-order valence-corrected chi connectivity index (χ3v) is 2.34. The second-order valence-corrected chi connectivity index (χ2v) is 3.79. The van der Waals surface area contributed by atoms with Gasteiger partial charge in [-0.05, 0) is 16.5 Å². The number of nitrogens with zero attached hydrogens (tertiary/aromatic N) is 1. The molecule has 0 spiro atoms. The minimum Gasteiger partial charge on any atom is -0.410 e. The van der Waals surface area contributed by atoms with Crippen molar-refractivity contribution in [2.75, 3.05) is 0 Å². The van der Waals surface area contributed by atoms with Crippen LogP contribution in [0, 0.1) is 0 Å². The number of carbonyl (C=O) groups excluding carboxylic acids is 2. The Morgan fingerprint density at radius 2 is 1.53 bits per heavy atom. The summed E-state index contributed by atoms with van der Waals surface area (Å²) in [5, 5.41) is 0. The van der Waals surface area contributed by atoms with Gasteiger partial charge in [0.15, 0.2) is 0 Å². The Kier molecular flexibility index (Phi) is 3.97. The van der Waals surface area contributed by atoms with Gasteiger partial charge in [-0.3, -0.25) is 14.5 Å². The predicted octanol–water partition coefficient (Wildman–Crippen LogP) is -1.88. The van der Waals surface area contributed by atoms with Crippen molar-refractivity contribution in [1.82, 2.24) is 4.90 Å². The van der Waals surface area contributed by atoms with Crippen LogP contribution in [0.4, 0.5) is 0 Å². The Bertz CT molecular complexity index is 426. The van der Waals surface area contributed by atoms with E-state index in [-0.39, 0.29) is 33.9 Å². The predicted molar refractivity (Wildman–Crippen MR) is 56.9 cm³/mol. The fourth-order valence-corrected chi connectivity index (χ4v) is 1.69. The summed E-state index contributed by atoms with van der Waals surface area (Å²) >= 11 is 9.31. The van der Waals surface area contributed by atoms with E-state index in [1.165, 1.54) is 0 Å². The van der Waals surface area contributed by atoms with E-state index < -0.39 is 11.8 Å². The molecule has 0 saturated heterocycles. The molecule has 1 aliphatic heterocycles. The summed E-state index contributed by atoms with van der Waals surface area (Å²) in [6, 6.07) is 6.56. The van der Waals surface area contributed by atoms with Gasteiger partial charge in [0.25, 0.3) is 11.8 Å². The van der Waals surface area contributed by atoms with Crippen molar-refractivity contribution in [1.29, 1.82) is 0 Å². The molecule has 0 bridgehead atoms. The average molecular weight is 245 g/mol. The van der Waals surface area contributed by atoms with E-state index >= 15 is 0 Å². The molecular weight excluding hydrogens is 241 g/mol. The van der Waals surface area contributed by atoms with Gasteiger partial charge in [-0.2, -0.15) is 0 Å². The second-order valence-electron chi connectivity index (χ2n) is 2.76. The third kappa shape index (κ3) is 1.98. The van der Waals surface area contributed by atoms with Gasteiger partial charge in [0.1, 0.15) is 0 Å². The molecule has 0 fully saturated rings. The quantitative estimate of drug-likeness (QED) is 0.232. The van der Waals surface area contributed by atoms with E-state index in [0.29, 0.717) is 11.1 Å². The molecule has 15 heavy (non-hydrogen) atoms. The molecule has 0 unspecified atom stereocenters. The molecule has 1 aromatic carbocycles. The smallest absolute Gasteiger partial charge is 0.410 e. The Labute approximate surface area is 120 Å². The van der Waals surface area contributed by atoms with Gasteiger partial charge in [-0.25, -0.2) is 0 Å². The number of carbonyl (C=O) groups is 2. The molecule has 1 heterocycles. The monoisotopic (exact) mass is 245 g/mol. The van der Waals surface area contributed by atoms with E-state index in [0.717, 1.165) is 4.90 Å². The van der Waals surface area contributed by atoms with Gasteiger partial charge < -0.3 is 24.8 Å². The van der Waals surface area contributed by atoms with Crippen LogP contribution in [0.2, 0.25) is 0 Å². The largest absolute Gasteiger partial charge is 1.00 e. The summed E-state index contributed by atoms with van der Waals surface area (Å²) < 4.78 is -0.129. The van der Waals surface area contributed by atoms with Crippen molar-refractivity contribution in [3.05, 3.63) is 35.4 Å². The standard InChI is InChI=1S/C9H5NO2S2.Na/c11-7-5-3-1-2-4-6(5)8(12)10(7)9(13)14;/h1-4H,(H,13,14);/q;+1/p-1. The van der Waals surface area contributed by atoms with E-state index in [1.54, 1.807) is 24.3 Å². The molecular formula is C9H4NNaO2S2. The first kappa shape index (κ1) is 12.7. The first-order chi connectivity index (χ1) is 6.63. The Morgan fingerprint density at radius 3 is 1.87 bits per heavy atom. The zero-order valence-corrected chi connectivity index (χ0v) is 11.5. The SMILES string of the molecule is O=C1c2ccccc2C(=O)N1C(=S)[S-].[Na+]. The molecule has 70 valence electrons. The van der Waals surface area contributed by atoms with Crippen LogP contribution in [0.25, 0.3) is 0 Å². The molecule has 0 radical (unpaired) electrons. The van der Waals surface area contributed by atoms with Gasteiger partial charge in [-0.15, -0.1) is 0 Å². The van der Waals surface area contributed by atoms with Crippen LogP contribution in [0.5, 0.6) is 0 Å². The van der Waals surface area contributed by atoms with Gasteiger partial charge in [0.2, 0.25) is 0 Å². The molecule has 2 amide bonds. The topological polar surface area (TPSA) is 37.4 Å². The Balaban J connectivity index is 0.00000112. The summed E-state index contributed by atoms with van der Waals surface area (Å²) in [7, 11) is 0. The summed E-state index contributed by atoms with van der Waals surface area (Å²) in [4.78, 5) is 24.0. The molecule has 6 heteroatoms. The first-order valence-electron chi connectivity index (χ1n) is 3.81. The minimum absolute atomic E-state index is 0. The Morgan fingerprint density at radius 1 is 1.13 bits per heavy atom. The summed E-state index contributed by atoms with van der Waals surface area (Å²) in [6.07, 6.45) is 0. The van der Waals surface area contributed by atoms with Crippen LogP contribution in [-0.4, -0.2) is 21.0 Å². The molecule has 0 N–H and O–H groups in total. The second kappa shape index (κ2) is 4.67. The molecule has 2 rings (SSSR count). The zero-order valence-electron chi connectivity index (χ0n) is 7.89. The number of thiocarbonyl (C=S) groups is 1. The maximum Gasteiger partial charge on any atom is 1.00 e. The van der Waals surface area contributed by atoms with E-state index in [9.17, 15) is 9.59 Å². The van der Waals surface area contributed by atoms with Gasteiger partial charge in [-0.1, -0.05) is 12.1 Å². The molecule has 0 atom stereocenters. The fraction of sp³-hybridized carbons (Fsp3) is 0. The van der Waals surface area contributed by atoms with Crippen LogP contribution in [0.1, 0.15) is 20.7 Å². The van der Waals surface area contributed by atoms with Crippen molar-refractivity contribution in [2.24, 2.45) is 0 Å². The van der Waals surface area contributed by atoms with Crippen LogP contribution in [0.3, 0.4) is 0 Å². The molecule has 0 aromatic heterocycles. The van der Waals surface area contributed by atoms with Crippen molar-refractivity contribution in [3.63, 3.8) is 0 Å². The number of hydrogen-bond acceptors (Lipinski definition) is 4. The number of imide groups is 1. The maximum atomic E-state index is 11.6. The third-order valence-electron chi connectivity index (χ3n) is 1.98. The molecule has 0 aliphatic carbocycles. The van der Waals surface area contributed by atoms with Crippen LogP contribution < -0.4 is 29.6 Å². The van der Waals surface area contributed by atoms with E-state index in [1.807, 2.05) is 0 Å². The number of amides is 2. The first-order valence-corrected chi connectivity index (χ1v) is 4.63. The van der Waals surface area contributed by atoms with Crippen molar-refractivity contribution in [2.45, 2.75) is 0 Å². The minimum atomic E-state index is -0.425. The zero-order chi connectivity index (χ0) is 10.3. The van der Waals surface area contributed by atoms with Gasteiger partial charge in [0, 0.05) is 0 Å². The number of rotatable bonds is 0. The normalized spacial score (nSPS) is 13.5. The fourth-order valence-electron chi connectivity index (χ4n) is 1.36. The van der Waals surface area contributed by atoms with E-state index in [2.05, 4.69) is 24.8 Å². The number of benzene rings is 1. The van der Waals surface area contributed by atoms with Crippen LogP contribution in [0.15, 0.2) is 24.3 Å². The summed E-state index contributed by atoms with van der Waals surface area (Å²) in [6.45, 7) is 0. The number of hydrogen-bond donors (Lipinski definition) is 0. The molecule has 0 saturated carbocycles. The van der Waals surface area contributed by atoms with Gasteiger partial charge in [0.05, 0.1) is 11.1 Å². The molecule has 3 nitrogen and oxygen atoms in total. The summed E-state index contributed by atoms with van der Waals surface area (Å²) in [5.41, 5.74) is 0.731. The molecule has 1 aliphatic rings.